The Labute approximate surface area is 139 Å². The molecule has 22 heavy (non-hydrogen) atoms. The highest BCUT2D eigenvalue weighted by molar-refractivity contribution is 6.36. The number of fused-ring (bicyclic) bond motifs is 1. The summed E-state index contributed by atoms with van der Waals surface area (Å²) in [6, 6.07) is 11.7. The van der Waals surface area contributed by atoms with Crippen LogP contribution in [-0.4, -0.2) is 16.3 Å². The highest BCUT2D eigenvalue weighted by atomic mass is 35.5. The Morgan fingerprint density at radius 2 is 1.95 bits per heavy atom. The van der Waals surface area contributed by atoms with Gasteiger partial charge in [-0.3, -0.25) is 4.68 Å². The van der Waals surface area contributed by atoms with Crippen LogP contribution in [0.3, 0.4) is 0 Å². The first-order chi connectivity index (χ1) is 10.6. The third kappa shape index (κ3) is 2.72. The number of benzene rings is 2. The Bertz CT molecular complexity index is 824. The number of nitrogens with zero attached hydrogens (tertiary/aromatic N) is 2. The van der Waals surface area contributed by atoms with Crippen molar-refractivity contribution in [2.24, 2.45) is 12.8 Å². The van der Waals surface area contributed by atoms with Crippen molar-refractivity contribution >= 4 is 34.1 Å². The Balaban J connectivity index is 2.19. The van der Waals surface area contributed by atoms with E-state index in [4.69, 9.17) is 34.0 Å². The van der Waals surface area contributed by atoms with Crippen molar-refractivity contribution in [3.8, 4) is 11.1 Å². The van der Waals surface area contributed by atoms with Crippen molar-refractivity contribution in [1.29, 1.82) is 0 Å². The average molecular weight is 334 g/mol. The van der Waals surface area contributed by atoms with E-state index < -0.39 is 0 Å². The molecule has 3 aromatic rings. The van der Waals surface area contributed by atoms with Gasteiger partial charge >= 0.3 is 0 Å². The summed E-state index contributed by atoms with van der Waals surface area (Å²) in [5.41, 5.74) is 9.76. The van der Waals surface area contributed by atoms with E-state index in [9.17, 15) is 0 Å². The Hall–Kier alpha value is -1.55. The summed E-state index contributed by atoms with van der Waals surface area (Å²) in [6.45, 7) is 0.676. The lowest BCUT2D eigenvalue weighted by Gasteiger charge is -2.06. The number of hydrogen-bond acceptors (Lipinski definition) is 2. The predicted octanol–water partition coefficient (Wildman–Crippen LogP) is 4.44. The molecule has 0 fully saturated rings. The van der Waals surface area contributed by atoms with Crippen LogP contribution in [0.25, 0.3) is 22.0 Å². The zero-order valence-corrected chi connectivity index (χ0v) is 13.8. The first-order valence-corrected chi connectivity index (χ1v) is 7.97. The molecular formula is C17H17Cl2N3. The number of aromatic nitrogens is 2. The fourth-order valence-electron chi connectivity index (χ4n) is 2.76. The number of halogens is 2. The van der Waals surface area contributed by atoms with Crippen LogP contribution in [0, 0.1) is 0 Å². The van der Waals surface area contributed by atoms with E-state index in [-0.39, 0.29) is 0 Å². The molecule has 1 heterocycles. The number of hydrogen-bond donors (Lipinski definition) is 1. The molecule has 2 N–H and O–H groups in total. The predicted molar refractivity (Wildman–Crippen MR) is 93.5 cm³/mol. The molecule has 0 saturated heterocycles. The Morgan fingerprint density at radius 3 is 2.68 bits per heavy atom. The number of aryl methyl sites for hydroxylation is 2. The summed E-state index contributed by atoms with van der Waals surface area (Å²) in [7, 11) is 1.97. The summed E-state index contributed by atoms with van der Waals surface area (Å²) in [5.74, 6) is 0. The summed E-state index contributed by atoms with van der Waals surface area (Å²) in [5, 5.41) is 7.11. The molecule has 0 radical (unpaired) electrons. The zero-order valence-electron chi connectivity index (χ0n) is 12.3. The molecule has 0 aliphatic carbocycles. The molecule has 0 aliphatic heterocycles. The van der Waals surface area contributed by atoms with Crippen molar-refractivity contribution in [3.63, 3.8) is 0 Å². The molecule has 0 unspecified atom stereocenters. The summed E-state index contributed by atoms with van der Waals surface area (Å²) in [6.07, 6.45) is 1.86. The van der Waals surface area contributed by atoms with E-state index in [1.807, 2.05) is 36.0 Å². The van der Waals surface area contributed by atoms with Crippen LogP contribution in [0.1, 0.15) is 12.1 Å². The molecule has 0 saturated carbocycles. The van der Waals surface area contributed by atoms with Gasteiger partial charge in [-0.2, -0.15) is 5.10 Å². The maximum atomic E-state index is 6.36. The second kappa shape index (κ2) is 6.29. The van der Waals surface area contributed by atoms with Gasteiger partial charge in [-0.1, -0.05) is 47.5 Å². The highest BCUT2D eigenvalue weighted by Gasteiger charge is 2.14. The van der Waals surface area contributed by atoms with Gasteiger partial charge in [0.2, 0.25) is 0 Å². The third-order valence-electron chi connectivity index (χ3n) is 3.83. The second-order valence-corrected chi connectivity index (χ2v) is 6.13. The second-order valence-electron chi connectivity index (χ2n) is 5.29. The lowest BCUT2D eigenvalue weighted by Crippen LogP contribution is -2.04. The SMILES string of the molecule is Cn1nc2c(-c3ccc(Cl)cc3Cl)cccc2c1CCCN. The molecule has 3 nitrogen and oxygen atoms in total. The first-order valence-electron chi connectivity index (χ1n) is 7.22. The molecule has 1 aromatic heterocycles. The minimum atomic E-state index is 0.630. The Kier molecular flexibility index (Phi) is 4.39. The third-order valence-corrected chi connectivity index (χ3v) is 4.37. The first kappa shape index (κ1) is 15.3. The minimum absolute atomic E-state index is 0.630. The fraction of sp³-hybridized carbons (Fsp3) is 0.235. The molecule has 0 aliphatic rings. The topological polar surface area (TPSA) is 43.8 Å². The minimum Gasteiger partial charge on any atom is -0.330 e. The molecule has 114 valence electrons. The largest absolute Gasteiger partial charge is 0.330 e. The van der Waals surface area contributed by atoms with Crippen LogP contribution in [-0.2, 0) is 13.5 Å². The molecule has 3 rings (SSSR count). The van der Waals surface area contributed by atoms with Crippen LogP contribution in [0.4, 0.5) is 0 Å². The number of nitrogens with two attached hydrogens (primary N) is 1. The zero-order chi connectivity index (χ0) is 15.7. The van der Waals surface area contributed by atoms with E-state index in [0.717, 1.165) is 34.9 Å². The summed E-state index contributed by atoms with van der Waals surface area (Å²) in [4.78, 5) is 0. The smallest absolute Gasteiger partial charge is 0.100 e. The highest BCUT2D eigenvalue weighted by Crippen LogP contribution is 2.35. The van der Waals surface area contributed by atoms with E-state index in [0.29, 0.717) is 16.6 Å². The van der Waals surface area contributed by atoms with E-state index in [1.54, 1.807) is 6.07 Å². The molecule has 0 amide bonds. The van der Waals surface area contributed by atoms with Gasteiger partial charge in [0.15, 0.2) is 0 Å². The van der Waals surface area contributed by atoms with Crippen molar-refractivity contribution in [2.45, 2.75) is 12.8 Å². The number of rotatable bonds is 4. The summed E-state index contributed by atoms with van der Waals surface area (Å²) < 4.78 is 1.94. The van der Waals surface area contributed by atoms with E-state index in [2.05, 4.69) is 6.07 Å². The van der Waals surface area contributed by atoms with Gasteiger partial charge in [0, 0.05) is 39.3 Å². The molecule has 0 spiro atoms. The average Bonchev–Trinajstić information content (AvgIpc) is 2.81. The van der Waals surface area contributed by atoms with Crippen LogP contribution < -0.4 is 5.73 Å². The maximum absolute atomic E-state index is 6.36. The lowest BCUT2D eigenvalue weighted by atomic mass is 10.0. The standard InChI is InChI=1S/C17H17Cl2N3/c1-22-16(6-3-9-20)14-5-2-4-13(17(14)21-22)12-8-7-11(18)10-15(12)19/h2,4-5,7-8,10H,3,6,9,20H2,1H3. The van der Waals surface area contributed by atoms with Gasteiger partial charge in [0.1, 0.15) is 5.52 Å². The maximum Gasteiger partial charge on any atom is 0.100 e. The molecule has 0 atom stereocenters. The van der Waals surface area contributed by atoms with Crippen LogP contribution in [0.2, 0.25) is 10.0 Å². The van der Waals surface area contributed by atoms with Gasteiger partial charge in [-0.05, 0) is 31.5 Å². The van der Waals surface area contributed by atoms with E-state index in [1.165, 1.54) is 5.69 Å². The molecule has 0 bridgehead atoms. The van der Waals surface area contributed by atoms with Crippen molar-refractivity contribution in [3.05, 3.63) is 52.1 Å². The van der Waals surface area contributed by atoms with Crippen LogP contribution >= 0.6 is 23.2 Å². The molecule has 2 aromatic carbocycles. The monoisotopic (exact) mass is 333 g/mol. The molecule has 5 heteroatoms. The van der Waals surface area contributed by atoms with Gasteiger partial charge in [-0.15, -0.1) is 0 Å². The summed E-state index contributed by atoms with van der Waals surface area (Å²) >= 11 is 12.4. The van der Waals surface area contributed by atoms with Gasteiger partial charge in [0.25, 0.3) is 0 Å². The van der Waals surface area contributed by atoms with Gasteiger partial charge in [0.05, 0.1) is 0 Å². The van der Waals surface area contributed by atoms with Gasteiger partial charge in [-0.25, -0.2) is 0 Å². The van der Waals surface area contributed by atoms with Crippen molar-refractivity contribution < 1.29 is 0 Å². The van der Waals surface area contributed by atoms with Gasteiger partial charge < -0.3 is 5.73 Å². The van der Waals surface area contributed by atoms with Crippen molar-refractivity contribution in [2.75, 3.05) is 6.54 Å². The van der Waals surface area contributed by atoms with Crippen LogP contribution in [0.5, 0.6) is 0 Å². The van der Waals surface area contributed by atoms with Crippen molar-refractivity contribution in [1.82, 2.24) is 9.78 Å². The van der Waals surface area contributed by atoms with E-state index >= 15 is 0 Å². The Morgan fingerprint density at radius 1 is 1.14 bits per heavy atom. The quantitative estimate of drug-likeness (QED) is 0.767. The fourth-order valence-corrected chi connectivity index (χ4v) is 3.27. The molecular weight excluding hydrogens is 317 g/mol. The lowest BCUT2D eigenvalue weighted by molar-refractivity contribution is 0.694. The van der Waals surface area contributed by atoms with Crippen LogP contribution in [0.15, 0.2) is 36.4 Å². The normalized spacial score (nSPS) is 11.3.